The first kappa shape index (κ1) is 17.0. The second kappa shape index (κ2) is 6.41. The van der Waals surface area contributed by atoms with Crippen molar-refractivity contribution in [3.05, 3.63) is 24.0 Å². The summed E-state index contributed by atoms with van der Waals surface area (Å²) in [5.41, 5.74) is -0.281. The van der Waals surface area contributed by atoms with Gasteiger partial charge in [-0.25, -0.2) is 0 Å². The lowest BCUT2D eigenvalue weighted by Crippen LogP contribution is -2.42. The largest absolute Gasteiger partial charge is 0.335 e. The second-order valence-corrected chi connectivity index (χ2v) is 6.88. The van der Waals surface area contributed by atoms with Crippen LogP contribution in [0, 0.1) is 17.8 Å². The zero-order valence-corrected chi connectivity index (χ0v) is 13.9. The predicted molar refractivity (Wildman–Crippen MR) is 89.8 cm³/mol. The third-order valence-electron chi connectivity index (χ3n) is 4.29. The van der Waals surface area contributed by atoms with Crippen LogP contribution in [0.3, 0.4) is 0 Å². The van der Waals surface area contributed by atoms with Crippen LogP contribution in [0.4, 0.5) is 5.69 Å². The lowest BCUT2D eigenvalue weighted by atomic mass is 9.88. The Morgan fingerprint density at radius 2 is 2.00 bits per heavy atom. The van der Waals surface area contributed by atoms with E-state index in [1.165, 1.54) is 6.20 Å². The van der Waals surface area contributed by atoms with Crippen molar-refractivity contribution in [1.82, 2.24) is 10.3 Å². The summed E-state index contributed by atoms with van der Waals surface area (Å²) >= 11 is 0. The highest BCUT2D eigenvalue weighted by Crippen LogP contribution is 2.38. The van der Waals surface area contributed by atoms with Crippen LogP contribution in [-0.2, 0) is 4.79 Å². The van der Waals surface area contributed by atoms with Gasteiger partial charge in [0.15, 0.2) is 0 Å². The van der Waals surface area contributed by atoms with Crippen molar-refractivity contribution < 1.29 is 9.59 Å². The van der Waals surface area contributed by atoms with E-state index in [0.29, 0.717) is 5.69 Å². The van der Waals surface area contributed by atoms with E-state index in [9.17, 15) is 9.59 Å². The summed E-state index contributed by atoms with van der Waals surface area (Å²) in [6.45, 7) is 5.45. The first-order chi connectivity index (χ1) is 10.8. The Morgan fingerprint density at radius 1 is 1.35 bits per heavy atom. The van der Waals surface area contributed by atoms with Crippen LogP contribution < -0.4 is 10.6 Å². The van der Waals surface area contributed by atoms with Gasteiger partial charge in [-0.1, -0.05) is 25.7 Å². The Hall–Kier alpha value is -2.35. The van der Waals surface area contributed by atoms with Crippen molar-refractivity contribution in [2.75, 3.05) is 5.32 Å². The highest BCUT2D eigenvalue weighted by atomic mass is 16.2. The van der Waals surface area contributed by atoms with Crippen molar-refractivity contribution in [2.45, 2.75) is 52.0 Å². The fourth-order valence-corrected chi connectivity index (χ4v) is 2.68. The molecule has 0 radical (unpaired) electrons. The summed E-state index contributed by atoms with van der Waals surface area (Å²) in [5, 5.41) is 5.61. The summed E-state index contributed by atoms with van der Waals surface area (Å²) < 4.78 is 0. The van der Waals surface area contributed by atoms with Crippen LogP contribution in [0.5, 0.6) is 0 Å². The predicted octanol–water partition coefficient (Wildman–Crippen LogP) is 2.74. The number of terminal acetylenes is 1. The lowest BCUT2D eigenvalue weighted by molar-refractivity contribution is -0.124. The van der Waals surface area contributed by atoms with Crippen molar-refractivity contribution in [2.24, 2.45) is 5.41 Å². The van der Waals surface area contributed by atoms with E-state index in [2.05, 4.69) is 21.5 Å². The molecule has 1 aromatic heterocycles. The Labute approximate surface area is 137 Å². The Balaban J connectivity index is 2.10. The third-order valence-corrected chi connectivity index (χ3v) is 4.29. The number of rotatable bonds is 4. The molecule has 1 saturated carbocycles. The van der Waals surface area contributed by atoms with E-state index in [4.69, 9.17) is 6.42 Å². The van der Waals surface area contributed by atoms with E-state index in [-0.39, 0.29) is 22.9 Å². The summed E-state index contributed by atoms with van der Waals surface area (Å²) in [5.74, 6) is 2.13. The molecule has 5 heteroatoms. The van der Waals surface area contributed by atoms with E-state index >= 15 is 0 Å². The number of carbonyl (C=O) groups is 2. The molecule has 1 fully saturated rings. The second-order valence-electron chi connectivity index (χ2n) is 6.88. The Morgan fingerprint density at radius 3 is 2.61 bits per heavy atom. The average Bonchev–Trinajstić information content (AvgIpc) is 2.95. The van der Waals surface area contributed by atoms with Gasteiger partial charge < -0.3 is 10.6 Å². The molecule has 0 aliphatic heterocycles. The van der Waals surface area contributed by atoms with Gasteiger partial charge in [-0.2, -0.15) is 0 Å². The minimum atomic E-state index is -0.755. The summed E-state index contributed by atoms with van der Waals surface area (Å²) in [6, 6.07) is 3.25. The van der Waals surface area contributed by atoms with Gasteiger partial charge in [0.2, 0.25) is 5.91 Å². The molecule has 1 heterocycles. The average molecular weight is 313 g/mol. The maximum Gasteiger partial charge on any atom is 0.271 e. The van der Waals surface area contributed by atoms with Gasteiger partial charge in [-0.05, 0) is 38.8 Å². The summed E-state index contributed by atoms with van der Waals surface area (Å²) in [4.78, 5) is 28.7. The van der Waals surface area contributed by atoms with Crippen molar-refractivity contribution in [3.63, 3.8) is 0 Å². The van der Waals surface area contributed by atoms with Crippen LogP contribution in [0.1, 0.15) is 56.9 Å². The molecule has 1 aliphatic rings. The van der Waals surface area contributed by atoms with Crippen molar-refractivity contribution in [3.8, 4) is 12.3 Å². The maximum absolute atomic E-state index is 12.4. The molecular weight excluding hydrogens is 290 g/mol. The summed E-state index contributed by atoms with van der Waals surface area (Å²) in [6.07, 6.45) is 10.8. The highest BCUT2D eigenvalue weighted by Gasteiger charge is 2.36. The lowest BCUT2D eigenvalue weighted by Gasteiger charge is -2.22. The van der Waals surface area contributed by atoms with Crippen molar-refractivity contribution in [1.29, 1.82) is 0 Å². The smallest absolute Gasteiger partial charge is 0.271 e. The SMILES string of the molecule is C#CC(C)(C)NC(=O)c1cc(NC(=O)C2(C)CCCC2)ccn1. The molecule has 1 aromatic rings. The highest BCUT2D eigenvalue weighted by molar-refractivity contribution is 5.98. The quantitative estimate of drug-likeness (QED) is 0.840. The zero-order valence-electron chi connectivity index (χ0n) is 13.9. The van der Waals surface area contributed by atoms with Gasteiger partial charge in [-0.3, -0.25) is 14.6 Å². The van der Waals surface area contributed by atoms with E-state index < -0.39 is 5.54 Å². The first-order valence-electron chi connectivity index (χ1n) is 7.84. The molecule has 2 N–H and O–H groups in total. The topological polar surface area (TPSA) is 71.1 Å². The number of aromatic nitrogens is 1. The molecule has 0 spiro atoms. The van der Waals surface area contributed by atoms with Crippen molar-refractivity contribution >= 4 is 17.5 Å². The molecule has 0 saturated heterocycles. The number of amides is 2. The van der Waals surface area contributed by atoms with Crippen LogP contribution >= 0.6 is 0 Å². The minimum Gasteiger partial charge on any atom is -0.335 e. The Bertz CT molecular complexity index is 652. The fraction of sp³-hybridized carbons (Fsp3) is 0.500. The zero-order chi connectivity index (χ0) is 17.1. The number of nitrogens with one attached hydrogen (secondary N) is 2. The maximum atomic E-state index is 12.4. The first-order valence-corrected chi connectivity index (χ1v) is 7.84. The monoisotopic (exact) mass is 313 g/mol. The van der Waals surface area contributed by atoms with Gasteiger partial charge in [0.1, 0.15) is 5.69 Å². The molecule has 23 heavy (non-hydrogen) atoms. The van der Waals surface area contributed by atoms with Crippen LogP contribution in [0.2, 0.25) is 0 Å². The van der Waals surface area contributed by atoms with Crippen LogP contribution in [0.25, 0.3) is 0 Å². The van der Waals surface area contributed by atoms with Gasteiger partial charge in [-0.15, -0.1) is 6.42 Å². The number of nitrogens with zero attached hydrogens (tertiary/aromatic N) is 1. The molecule has 0 atom stereocenters. The minimum absolute atomic E-state index is 0.00323. The van der Waals surface area contributed by atoms with Gasteiger partial charge >= 0.3 is 0 Å². The number of anilines is 1. The van der Waals surface area contributed by atoms with Gasteiger partial charge in [0.25, 0.3) is 5.91 Å². The van der Waals surface area contributed by atoms with Gasteiger partial charge in [0.05, 0.1) is 5.54 Å². The molecule has 1 aliphatic carbocycles. The molecular formula is C18H23N3O2. The van der Waals surface area contributed by atoms with E-state index in [1.807, 2.05) is 6.92 Å². The Kier molecular flexibility index (Phi) is 4.74. The van der Waals surface area contributed by atoms with E-state index in [1.54, 1.807) is 26.0 Å². The number of hydrogen-bond acceptors (Lipinski definition) is 3. The van der Waals surface area contributed by atoms with Gasteiger partial charge in [0, 0.05) is 17.3 Å². The number of hydrogen-bond donors (Lipinski definition) is 2. The fourth-order valence-electron chi connectivity index (χ4n) is 2.68. The normalized spacial score (nSPS) is 16.4. The van der Waals surface area contributed by atoms with E-state index in [0.717, 1.165) is 25.7 Å². The molecule has 2 amide bonds. The number of pyridine rings is 1. The molecule has 0 bridgehead atoms. The summed E-state index contributed by atoms with van der Waals surface area (Å²) in [7, 11) is 0. The molecule has 0 unspecified atom stereocenters. The molecule has 5 nitrogen and oxygen atoms in total. The molecule has 0 aromatic carbocycles. The third kappa shape index (κ3) is 4.10. The standard InChI is InChI=1S/C18H23N3O2/c1-5-17(2,3)21-15(22)14-12-13(8-11-19-14)20-16(23)18(4)9-6-7-10-18/h1,8,11-12H,6-7,9-10H2,2-4H3,(H,21,22)(H,19,20,23). The van der Waals surface area contributed by atoms with Crippen LogP contribution in [-0.4, -0.2) is 22.3 Å². The van der Waals surface area contributed by atoms with Crippen LogP contribution in [0.15, 0.2) is 18.3 Å². The molecule has 122 valence electrons. The number of carbonyl (C=O) groups excluding carboxylic acids is 2. The molecule has 2 rings (SSSR count).